The van der Waals surface area contributed by atoms with Crippen LogP contribution in [-0.2, 0) is 0 Å². The van der Waals surface area contributed by atoms with Crippen molar-refractivity contribution in [3.63, 3.8) is 0 Å². The highest BCUT2D eigenvalue weighted by Gasteiger charge is 2.30. The summed E-state index contributed by atoms with van der Waals surface area (Å²) in [7, 11) is 1.58. The van der Waals surface area contributed by atoms with Crippen LogP contribution in [0.3, 0.4) is 0 Å². The molecule has 0 saturated carbocycles. The van der Waals surface area contributed by atoms with Gasteiger partial charge in [0.2, 0.25) is 0 Å². The Morgan fingerprint density at radius 1 is 1.35 bits per heavy atom. The molecule has 0 bridgehead atoms. The number of aromatic hydroxyl groups is 2. The zero-order chi connectivity index (χ0) is 13.2. The Bertz CT molecular complexity index is 412. The zero-order valence-electron chi connectivity index (χ0n) is 10.1. The second-order valence-electron chi connectivity index (χ2n) is 4.48. The van der Waals surface area contributed by atoms with Crippen molar-refractivity contribution in [1.29, 1.82) is 0 Å². The van der Waals surface area contributed by atoms with Gasteiger partial charge in [-0.15, -0.1) is 11.6 Å². The summed E-state index contributed by atoms with van der Waals surface area (Å²) in [5.74, 6) is -0.699. The predicted octanol–water partition coefficient (Wildman–Crippen LogP) is 2.19. The molecule has 0 aliphatic carbocycles. The second-order valence-corrected chi connectivity index (χ2v) is 4.75. The van der Waals surface area contributed by atoms with E-state index in [0.717, 1.165) is 0 Å². The summed E-state index contributed by atoms with van der Waals surface area (Å²) in [4.78, 5) is 13.5. The van der Waals surface area contributed by atoms with Gasteiger partial charge in [-0.1, -0.05) is 6.07 Å². The standard InChI is InChI=1S/C12H16ClNO3/c1-12(2,7-13)14(3)11(17)10-8(15)5-4-6-9(10)16/h4-6,15-16H,7H2,1-3H3. The number of amides is 1. The fraction of sp³-hybridized carbons (Fsp3) is 0.417. The molecule has 0 radical (unpaired) electrons. The third-order valence-corrected chi connectivity index (χ3v) is 3.43. The van der Waals surface area contributed by atoms with Crippen LogP contribution in [0.4, 0.5) is 0 Å². The van der Waals surface area contributed by atoms with Gasteiger partial charge in [0.15, 0.2) is 0 Å². The van der Waals surface area contributed by atoms with Gasteiger partial charge in [0.25, 0.3) is 5.91 Å². The van der Waals surface area contributed by atoms with Gasteiger partial charge in [0.1, 0.15) is 17.1 Å². The highest BCUT2D eigenvalue weighted by molar-refractivity contribution is 6.18. The molecule has 5 heteroatoms. The summed E-state index contributed by atoms with van der Waals surface area (Å²) >= 11 is 5.78. The molecule has 1 aromatic carbocycles. The number of halogens is 1. The first kappa shape index (κ1) is 13.6. The monoisotopic (exact) mass is 257 g/mol. The van der Waals surface area contributed by atoms with Crippen molar-refractivity contribution in [2.24, 2.45) is 0 Å². The quantitative estimate of drug-likeness (QED) is 0.816. The Kier molecular flexibility index (Phi) is 3.88. The Balaban J connectivity index is 3.14. The predicted molar refractivity (Wildman–Crippen MR) is 66.7 cm³/mol. The molecule has 0 unspecified atom stereocenters. The molecule has 0 saturated heterocycles. The molecule has 4 nitrogen and oxygen atoms in total. The molecule has 0 atom stereocenters. The smallest absolute Gasteiger partial charge is 0.261 e. The number of phenols is 2. The number of hydrogen-bond acceptors (Lipinski definition) is 3. The Morgan fingerprint density at radius 2 is 1.82 bits per heavy atom. The zero-order valence-corrected chi connectivity index (χ0v) is 10.8. The van der Waals surface area contributed by atoms with Crippen LogP contribution in [0.2, 0.25) is 0 Å². The van der Waals surface area contributed by atoms with Gasteiger partial charge in [0, 0.05) is 12.9 Å². The van der Waals surface area contributed by atoms with E-state index in [1.54, 1.807) is 20.9 Å². The first-order valence-corrected chi connectivity index (χ1v) is 5.70. The van der Waals surface area contributed by atoms with Crippen molar-refractivity contribution in [1.82, 2.24) is 4.90 Å². The highest BCUT2D eigenvalue weighted by Crippen LogP contribution is 2.29. The van der Waals surface area contributed by atoms with Crippen LogP contribution in [0.1, 0.15) is 24.2 Å². The molecular weight excluding hydrogens is 242 g/mol. The second kappa shape index (κ2) is 4.84. The molecule has 0 aliphatic rings. The lowest BCUT2D eigenvalue weighted by molar-refractivity contribution is 0.0654. The summed E-state index contributed by atoms with van der Waals surface area (Å²) in [5.41, 5.74) is -0.666. The van der Waals surface area contributed by atoms with Crippen LogP contribution >= 0.6 is 11.6 Å². The first-order valence-electron chi connectivity index (χ1n) is 5.16. The van der Waals surface area contributed by atoms with Crippen LogP contribution in [0.5, 0.6) is 11.5 Å². The van der Waals surface area contributed by atoms with Gasteiger partial charge in [0.05, 0.1) is 5.54 Å². The molecule has 1 amide bonds. The maximum absolute atomic E-state index is 12.1. The van der Waals surface area contributed by atoms with Crippen molar-refractivity contribution >= 4 is 17.5 Å². The molecule has 1 rings (SSSR count). The number of nitrogens with zero attached hydrogens (tertiary/aromatic N) is 1. The molecule has 0 fully saturated rings. The average Bonchev–Trinajstić information content (AvgIpc) is 2.27. The van der Waals surface area contributed by atoms with Gasteiger partial charge in [-0.25, -0.2) is 0 Å². The summed E-state index contributed by atoms with van der Waals surface area (Å²) < 4.78 is 0. The lowest BCUT2D eigenvalue weighted by atomic mass is 10.0. The summed E-state index contributed by atoms with van der Waals surface area (Å²) in [5, 5.41) is 19.2. The normalized spacial score (nSPS) is 11.3. The van der Waals surface area contributed by atoms with Crippen molar-refractivity contribution in [3.05, 3.63) is 23.8 Å². The fourth-order valence-electron chi connectivity index (χ4n) is 1.28. The van der Waals surface area contributed by atoms with Crippen LogP contribution in [-0.4, -0.2) is 39.5 Å². The van der Waals surface area contributed by atoms with Crippen LogP contribution < -0.4 is 0 Å². The van der Waals surface area contributed by atoms with Gasteiger partial charge in [-0.2, -0.15) is 0 Å². The van der Waals surface area contributed by atoms with E-state index in [-0.39, 0.29) is 22.9 Å². The molecular formula is C12H16ClNO3. The van der Waals surface area contributed by atoms with E-state index in [1.165, 1.54) is 23.1 Å². The molecule has 0 spiro atoms. The van der Waals surface area contributed by atoms with Crippen molar-refractivity contribution < 1.29 is 15.0 Å². The lowest BCUT2D eigenvalue weighted by Gasteiger charge is -2.34. The summed E-state index contributed by atoms with van der Waals surface area (Å²) in [6.07, 6.45) is 0. The van der Waals surface area contributed by atoms with Crippen LogP contribution in [0.15, 0.2) is 18.2 Å². The minimum absolute atomic E-state index is 0.104. The average molecular weight is 258 g/mol. The molecule has 0 heterocycles. The van der Waals surface area contributed by atoms with Crippen molar-refractivity contribution in [2.45, 2.75) is 19.4 Å². The van der Waals surface area contributed by atoms with Crippen molar-refractivity contribution in [3.8, 4) is 11.5 Å². The maximum atomic E-state index is 12.1. The highest BCUT2D eigenvalue weighted by atomic mass is 35.5. The molecule has 17 heavy (non-hydrogen) atoms. The number of alkyl halides is 1. The van der Waals surface area contributed by atoms with E-state index in [1.807, 2.05) is 0 Å². The van der Waals surface area contributed by atoms with E-state index in [2.05, 4.69) is 0 Å². The maximum Gasteiger partial charge on any atom is 0.261 e. The van der Waals surface area contributed by atoms with Gasteiger partial charge >= 0.3 is 0 Å². The van der Waals surface area contributed by atoms with E-state index in [0.29, 0.717) is 0 Å². The first-order chi connectivity index (χ1) is 7.81. The van der Waals surface area contributed by atoms with Gasteiger partial charge in [-0.3, -0.25) is 4.79 Å². The molecule has 1 aromatic rings. The largest absolute Gasteiger partial charge is 0.507 e. The molecule has 0 aromatic heterocycles. The van der Waals surface area contributed by atoms with E-state index in [9.17, 15) is 15.0 Å². The Labute approximate surface area is 105 Å². The van der Waals surface area contributed by atoms with Crippen LogP contribution in [0, 0.1) is 0 Å². The van der Waals surface area contributed by atoms with Gasteiger partial charge < -0.3 is 15.1 Å². The Hall–Kier alpha value is -1.42. The van der Waals surface area contributed by atoms with E-state index >= 15 is 0 Å². The number of benzene rings is 1. The molecule has 94 valence electrons. The minimum Gasteiger partial charge on any atom is -0.507 e. The van der Waals surface area contributed by atoms with E-state index < -0.39 is 11.4 Å². The number of carbonyl (C=O) groups is 1. The fourth-order valence-corrected chi connectivity index (χ4v) is 1.46. The number of phenolic OH excluding ortho intramolecular Hbond substituents is 2. The van der Waals surface area contributed by atoms with Crippen LogP contribution in [0.25, 0.3) is 0 Å². The Morgan fingerprint density at radius 3 is 2.24 bits per heavy atom. The van der Waals surface area contributed by atoms with E-state index in [4.69, 9.17) is 11.6 Å². The van der Waals surface area contributed by atoms with Crippen molar-refractivity contribution in [2.75, 3.05) is 12.9 Å². The topological polar surface area (TPSA) is 60.8 Å². The molecule has 0 aliphatic heterocycles. The summed E-state index contributed by atoms with van der Waals surface area (Å²) in [6, 6.07) is 4.18. The number of rotatable bonds is 3. The number of carbonyl (C=O) groups excluding carboxylic acids is 1. The third-order valence-electron chi connectivity index (χ3n) is 2.77. The van der Waals surface area contributed by atoms with Gasteiger partial charge in [-0.05, 0) is 26.0 Å². The lowest BCUT2D eigenvalue weighted by Crippen LogP contribution is -2.46. The number of hydrogen-bond donors (Lipinski definition) is 2. The SMILES string of the molecule is CN(C(=O)c1c(O)cccc1O)C(C)(C)CCl. The minimum atomic E-state index is -0.562. The summed E-state index contributed by atoms with van der Waals surface area (Å²) in [6.45, 7) is 3.60. The molecule has 2 N–H and O–H groups in total. The third kappa shape index (κ3) is 2.64.